The van der Waals surface area contributed by atoms with Gasteiger partial charge in [-0.2, -0.15) is 5.26 Å². The van der Waals surface area contributed by atoms with E-state index in [0.717, 1.165) is 24.0 Å². The predicted octanol–water partition coefficient (Wildman–Crippen LogP) is 2.35. The van der Waals surface area contributed by atoms with Crippen molar-refractivity contribution in [2.45, 2.75) is 19.3 Å². The summed E-state index contributed by atoms with van der Waals surface area (Å²) in [4.78, 5) is 11.7. The number of hydrogen-bond acceptors (Lipinski definition) is 2. The molecule has 1 aromatic rings. The third kappa shape index (κ3) is 1.82. The predicted molar refractivity (Wildman–Crippen MR) is 52.8 cm³/mol. The zero-order chi connectivity index (χ0) is 9.97. The molecule has 1 saturated carbocycles. The first-order valence-electron chi connectivity index (χ1n) is 4.81. The molecule has 0 N–H and O–H groups in total. The average Bonchev–Trinajstić information content (AvgIpc) is 3.01. The smallest absolute Gasteiger partial charge is 0.165 e. The molecular weight excluding hydrogens is 174 g/mol. The van der Waals surface area contributed by atoms with Gasteiger partial charge in [0.25, 0.3) is 0 Å². The van der Waals surface area contributed by atoms with E-state index in [9.17, 15) is 4.79 Å². The van der Waals surface area contributed by atoms with E-state index in [1.54, 1.807) is 0 Å². The summed E-state index contributed by atoms with van der Waals surface area (Å²) >= 11 is 0. The molecule has 0 aliphatic heterocycles. The van der Waals surface area contributed by atoms with Gasteiger partial charge in [0.05, 0.1) is 12.5 Å². The highest BCUT2D eigenvalue weighted by Crippen LogP contribution is 2.32. The zero-order valence-electron chi connectivity index (χ0n) is 7.86. The molecule has 1 aliphatic carbocycles. The average molecular weight is 185 g/mol. The van der Waals surface area contributed by atoms with Gasteiger partial charge in [0.2, 0.25) is 0 Å². The Labute approximate surface area is 83.2 Å². The highest BCUT2D eigenvalue weighted by atomic mass is 16.1. The van der Waals surface area contributed by atoms with Crippen LogP contribution in [0.2, 0.25) is 0 Å². The minimum absolute atomic E-state index is 0.241. The van der Waals surface area contributed by atoms with Gasteiger partial charge >= 0.3 is 0 Å². The summed E-state index contributed by atoms with van der Waals surface area (Å²) in [6.07, 6.45) is 2.44. The van der Waals surface area contributed by atoms with Crippen molar-refractivity contribution in [3.63, 3.8) is 0 Å². The number of nitrogens with zero attached hydrogens (tertiary/aromatic N) is 1. The molecule has 0 radical (unpaired) electrons. The fourth-order valence-electron chi connectivity index (χ4n) is 1.51. The summed E-state index contributed by atoms with van der Waals surface area (Å²) in [5, 5.41) is 8.54. The lowest BCUT2D eigenvalue weighted by Crippen LogP contribution is -2.01. The van der Waals surface area contributed by atoms with Crippen molar-refractivity contribution >= 4 is 5.78 Å². The fourth-order valence-corrected chi connectivity index (χ4v) is 1.51. The van der Waals surface area contributed by atoms with E-state index in [-0.39, 0.29) is 11.7 Å². The molecule has 0 aromatic heterocycles. The minimum Gasteiger partial charge on any atom is -0.294 e. The Morgan fingerprint density at radius 1 is 1.50 bits per heavy atom. The summed E-state index contributed by atoms with van der Waals surface area (Å²) in [6.45, 7) is 0. The second-order valence-corrected chi connectivity index (χ2v) is 3.67. The van der Waals surface area contributed by atoms with Crippen molar-refractivity contribution < 1.29 is 4.79 Å². The van der Waals surface area contributed by atoms with E-state index in [1.807, 2.05) is 24.3 Å². The number of hydrogen-bond donors (Lipinski definition) is 0. The van der Waals surface area contributed by atoms with Crippen molar-refractivity contribution in [3.8, 4) is 6.07 Å². The number of benzene rings is 1. The van der Waals surface area contributed by atoms with Gasteiger partial charge in [0, 0.05) is 11.5 Å². The maximum atomic E-state index is 11.7. The van der Waals surface area contributed by atoms with E-state index in [4.69, 9.17) is 5.26 Å². The second-order valence-electron chi connectivity index (χ2n) is 3.67. The summed E-state index contributed by atoms with van der Waals surface area (Å²) < 4.78 is 0. The van der Waals surface area contributed by atoms with Crippen LogP contribution in [0.15, 0.2) is 24.3 Å². The van der Waals surface area contributed by atoms with Gasteiger partial charge in [-0.15, -0.1) is 0 Å². The Hall–Kier alpha value is -1.62. The van der Waals surface area contributed by atoms with Crippen molar-refractivity contribution in [1.29, 1.82) is 5.26 Å². The van der Waals surface area contributed by atoms with E-state index in [1.165, 1.54) is 0 Å². The molecule has 14 heavy (non-hydrogen) atoms. The molecule has 1 fully saturated rings. The van der Waals surface area contributed by atoms with Gasteiger partial charge in [-0.05, 0) is 24.5 Å². The number of carbonyl (C=O) groups is 1. The molecule has 1 aromatic carbocycles. The Kier molecular flexibility index (Phi) is 2.32. The van der Waals surface area contributed by atoms with Crippen LogP contribution in [0, 0.1) is 17.2 Å². The van der Waals surface area contributed by atoms with Crippen LogP contribution in [0.25, 0.3) is 0 Å². The topological polar surface area (TPSA) is 40.9 Å². The molecule has 2 rings (SSSR count). The summed E-state index contributed by atoms with van der Waals surface area (Å²) in [5.74, 6) is 0.497. The first kappa shape index (κ1) is 8.96. The van der Waals surface area contributed by atoms with E-state index in [2.05, 4.69) is 6.07 Å². The Bertz CT molecular complexity index is 399. The second kappa shape index (κ2) is 3.63. The maximum Gasteiger partial charge on any atom is 0.165 e. The Morgan fingerprint density at radius 2 is 2.29 bits per heavy atom. The Balaban J connectivity index is 2.21. The first-order chi connectivity index (χ1) is 6.81. The van der Waals surface area contributed by atoms with E-state index < -0.39 is 0 Å². The fraction of sp³-hybridized carbons (Fsp3) is 0.333. The van der Waals surface area contributed by atoms with Gasteiger partial charge in [-0.25, -0.2) is 0 Å². The molecule has 0 unspecified atom stereocenters. The largest absolute Gasteiger partial charge is 0.294 e. The molecule has 70 valence electrons. The molecule has 0 amide bonds. The molecule has 0 bridgehead atoms. The number of rotatable bonds is 3. The van der Waals surface area contributed by atoms with Crippen LogP contribution in [0.3, 0.4) is 0 Å². The van der Waals surface area contributed by atoms with Crippen LogP contribution in [-0.2, 0) is 6.42 Å². The molecule has 1 aliphatic rings. The molecular formula is C12H11NO. The highest BCUT2D eigenvalue weighted by Gasteiger charge is 2.30. The number of ketones is 1. The molecule has 2 heteroatoms. The van der Waals surface area contributed by atoms with Crippen LogP contribution in [0.1, 0.15) is 28.8 Å². The van der Waals surface area contributed by atoms with Crippen LogP contribution in [0.5, 0.6) is 0 Å². The molecule has 0 heterocycles. The lowest BCUT2D eigenvalue weighted by molar-refractivity contribution is 0.0967. The van der Waals surface area contributed by atoms with Crippen molar-refractivity contribution in [2.24, 2.45) is 5.92 Å². The third-order valence-corrected chi connectivity index (χ3v) is 2.44. The number of carbonyl (C=O) groups excluding carboxylic acids is 1. The van der Waals surface area contributed by atoms with Gasteiger partial charge in [-0.3, -0.25) is 4.79 Å². The van der Waals surface area contributed by atoms with Crippen molar-refractivity contribution in [1.82, 2.24) is 0 Å². The lowest BCUT2D eigenvalue weighted by Gasteiger charge is -2.00. The van der Waals surface area contributed by atoms with Gasteiger partial charge in [0.1, 0.15) is 0 Å². The SMILES string of the molecule is N#CCc1cccc(C(=O)C2CC2)c1. The third-order valence-electron chi connectivity index (χ3n) is 2.44. The lowest BCUT2D eigenvalue weighted by atomic mass is 10.0. The van der Waals surface area contributed by atoms with E-state index >= 15 is 0 Å². The van der Waals surface area contributed by atoms with Gasteiger partial charge < -0.3 is 0 Å². The summed E-state index contributed by atoms with van der Waals surface area (Å²) in [6, 6.07) is 9.49. The van der Waals surface area contributed by atoms with Crippen molar-refractivity contribution in [3.05, 3.63) is 35.4 Å². The van der Waals surface area contributed by atoms with Crippen LogP contribution < -0.4 is 0 Å². The van der Waals surface area contributed by atoms with Crippen LogP contribution >= 0.6 is 0 Å². The van der Waals surface area contributed by atoms with Crippen molar-refractivity contribution in [2.75, 3.05) is 0 Å². The molecule has 0 spiro atoms. The molecule has 0 atom stereocenters. The minimum atomic E-state index is 0.241. The number of nitriles is 1. The molecule has 0 saturated heterocycles. The van der Waals surface area contributed by atoms with Crippen LogP contribution in [0.4, 0.5) is 0 Å². The van der Waals surface area contributed by atoms with Gasteiger partial charge in [0.15, 0.2) is 5.78 Å². The van der Waals surface area contributed by atoms with Gasteiger partial charge in [-0.1, -0.05) is 18.2 Å². The molecule has 2 nitrogen and oxygen atoms in total. The van der Waals surface area contributed by atoms with Crippen LogP contribution in [-0.4, -0.2) is 5.78 Å². The highest BCUT2D eigenvalue weighted by molar-refractivity contribution is 5.99. The maximum absolute atomic E-state index is 11.7. The normalized spacial score (nSPS) is 14.8. The monoisotopic (exact) mass is 185 g/mol. The van der Waals surface area contributed by atoms with E-state index in [0.29, 0.717) is 6.42 Å². The zero-order valence-corrected chi connectivity index (χ0v) is 7.86. The quantitative estimate of drug-likeness (QED) is 0.678. The number of Topliss-reactive ketones (excluding diaryl/α,β-unsaturated/α-hetero) is 1. The first-order valence-corrected chi connectivity index (χ1v) is 4.81. The summed E-state index contributed by atoms with van der Waals surface area (Å²) in [5.41, 5.74) is 1.69. The summed E-state index contributed by atoms with van der Waals surface area (Å²) in [7, 11) is 0. The standard InChI is InChI=1S/C12H11NO/c13-7-6-9-2-1-3-11(8-9)12(14)10-4-5-10/h1-3,8,10H,4-6H2. The Morgan fingerprint density at radius 3 is 2.93 bits per heavy atom.